The highest BCUT2D eigenvalue weighted by atomic mass is 19.4. The van der Waals surface area contributed by atoms with Gasteiger partial charge in [0, 0.05) is 80.6 Å². The fourth-order valence-electron chi connectivity index (χ4n) is 4.67. The smallest absolute Gasteiger partial charge is 0.389 e. The molecule has 13 heteroatoms. The lowest BCUT2D eigenvalue weighted by atomic mass is 10.1. The first-order valence-electron chi connectivity index (χ1n) is 11.8. The number of aromatic nitrogens is 5. The zero-order valence-corrected chi connectivity index (χ0v) is 20.9. The normalized spacial score (nSPS) is 18.4. The van der Waals surface area contributed by atoms with Gasteiger partial charge in [0.2, 0.25) is 5.95 Å². The Kier molecular flexibility index (Phi) is 6.67. The number of likely N-dealkylation sites (tertiary alicyclic amines) is 1. The summed E-state index contributed by atoms with van der Waals surface area (Å²) >= 11 is 0. The summed E-state index contributed by atoms with van der Waals surface area (Å²) in [7, 11) is 3.16. The van der Waals surface area contributed by atoms with Gasteiger partial charge in [-0.1, -0.05) is 0 Å². The maximum atomic E-state index is 13.1. The van der Waals surface area contributed by atoms with E-state index in [2.05, 4.69) is 25.3 Å². The zero-order valence-electron chi connectivity index (χ0n) is 20.9. The van der Waals surface area contributed by atoms with Crippen LogP contribution >= 0.6 is 0 Å². The molecular formula is C25H26F3N7O3. The molecule has 1 aromatic carbocycles. The minimum absolute atomic E-state index is 0.172. The molecule has 4 heterocycles. The molecule has 10 nitrogen and oxygen atoms in total. The Morgan fingerprint density at radius 2 is 2.03 bits per heavy atom. The van der Waals surface area contributed by atoms with Crippen LogP contribution in [0, 0.1) is 6.92 Å². The molecule has 5 rings (SSSR count). The number of alkyl halides is 3. The van der Waals surface area contributed by atoms with E-state index in [0.717, 1.165) is 11.3 Å². The number of hydrogen-bond acceptors (Lipinski definition) is 8. The van der Waals surface area contributed by atoms with Crippen molar-refractivity contribution in [3.8, 4) is 5.82 Å². The number of aliphatic hydroxyl groups excluding tert-OH is 1. The SMILES string of the molecule is CO[C@@H]1CN(Cc2cn(-c3ccnc(Nc4ccc5c(c4)c(C(=O)C(F)(F)F)cn5C)n3)nc2C)C[C@H]1O. The third-order valence-corrected chi connectivity index (χ3v) is 6.63. The van der Waals surface area contributed by atoms with Crippen LogP contribution in [-0.4, -0.2) is 78.7 Å². The molecule has 1 aliphatic rings. The average molecular weight is 530 g/mol. The standard InChI is InChI=1S/C25H26F3N7O3/c1-14-15(9-34-12-20(36)21(13-34)38-3)10-35(32-14)22-6-7-29-24(31-22)30-16-4-5-19-17(8-16)18(11-33(19)2)23(37)25(26,27)28/h4-8,10-11,20-21,36H,9,12-13H2,1-3H3,(H,29,30,31)/t20-,21-/m1/s1. The molecule has 0 unspecified atom stereocenters. The van der Waals surface area contributed by atoms with Gasteiger partial charge < -0.3 is 19.7 Å². The lowest BCUT2D eigenvalue weighted by molar-refractivity contribution is -0.0884. The number of aliphatic hydroxyl groups is 1. The number of hydrogen-bond donors (Lipinski definition) is 2. The predicted octanol–water partition coefficient (Wildman–Crippen LogP) is 3.14. The fourth-order valence-corrected chi connectivity index (χ4v) is 4.67. The van der Waals surface area contributed by atoms with E-state index in [4.69, 9.17) is 4.74 Å². The number of fused-ring (bicyclic) bond motifs is 1. The molecule has 0 bridgehead atoms. The number of nitrogens with one attached hydrogen (secondary N) is 1. The van der Waals surface area contributed by atoms with Crippen LogP contribution in [-0.2, 0) is 18.3 Å². The summed E-state index contributed by atoms with van der Waals surface area (Å²) in [5, 5.41) is 17.8. The largest absolute Gasteiger partial charge is 0.454 e. The van der Waals surface area contributed by atoms with Gasteiger partial charge in [-0.3, -0.25) is 9.69 Å². The summed E-state index contributed by atoms with van der Waals surface area (Å²) in [5.74, 6) is -1.20. The fraction of sp³-hybridized carbons (Fsp3) is 0.360. The molecule has 0 saturated carbocycles. The third kappa shape index (κ3) is 4.99. The minimum Gasteiger partial charge on any atom is -0.389 e. The van der Waals surface area contributed by atoms with E-state index in [1.54, 1.807) is 43.2 Å². The molecule has 200 valence electrons. The second-order valence-corrected chi connectivity index (χ2v) is 9.30. The molecule has 0 amide bonds. The summed E-state index contributed by atoms with van der Waals surface area (Å²) in [6.07, 6.45) is -1.16. The van der Waals surface area contributed by atoms with Crippen LogP contribution in [0.2, 0.25) is 0 Å². The van der Waals surface area contributed by atoms with Gasteiger partial charge in [-0.2, -0.15) is 23.3 Å². The van der Waals surface area contributed by atoms with Crippen molar-refractivity contribution in [2.45, 2.75) is 31.9 Å². The van der Waals surface area contributed by atoms with Crippen molar-refractivity contribution in [2.75, 3.05) is 25.5 Å². The van der Waals surface area contributed by atoms with Crippen molar-refractivity contribution in [1.82, 2.24) is 29.2 Å². The van der Waals surface area contributed by atoms with Crippen LogP contribution in [0.5, 0.6) is 0 Å². The second kappa shape index (κ2) is 9.82. The summed E-state index contributed by atoms with van der Waals surface area (Å²) < 4.78 is 47.7. The highest BCUT2D eigenvalue weighted by Crippen LogP contribution is 2.30. The molecule has 2 atom stereocenters. The van der Waals surface area contributed by atoms with Crippen LogP contribution in [0.3, 0.4) is 0 Å². The average Bonchev–Trinajstić information content (AvgIpc) is 3.52. The highest BCUT2D eigenvalue weighted by molar-refractivity contribution is 6.11. The summed E-state index contributed by atoms with van der Waals surface area (Å²) in [6, 6.07) is 6.45. The van der Waals surface area contributed by atoms with Gasteiger partial charge in [-0.25, -0.2) is 9.67 Å². The topological polar surface area (TPSA) is 110 Å². The Bertz CT molecular complexity index is 1500. The van der Waals surface area contributed by atoms with E-state index >= 15 is 0 Å². The van der Waals surface area contributed by atoms with Gasteiger partial charge in [-0.15, -0.1) is 0 Å². The molecular weight excluding hydrogens is 503 g/mol. The number of rotatable bonds is 7. The Labute approximate surface area is 215 Å². The molecule has 2 N–H and O–H groups in total. The molecule has 3 aromatic heterocycles. The van der Waals surface area contributed by atoms with Gasteiger partial charge in [0.25, 0.3) is 5.78 Å². The first-order chi connectivity index (χ1) is 18.0. The quantitative estimate of drug-likeness (QED) is 0.352. The predicted molar refractivity (Wildman–Crippen MR) is 133 cm³/mol. The van der Waals surface area contributed by atoms with Crippen molar-refractivity contribution in [3.63, 3.8) is 0 Å². The Hall–Kier alpha value is -3.81. The summed E-state index contributed by atoms with van der Waals surface area (Å²) in [4.78, 5) is 22.7. The Morgan fingerprint density at radius 3 is 2.74 bits per heavy atom. The van der Waals surface area contributed by atoms with Gasteiger partial charge in [-0.05, 0) is 25.1 Å². The van der Waals surface area contributed by atoms with E-state index < -0.39 is 23.6 Å². The van der Waals surface area contributed by atoms with Gasteiger partial charge >= 0.3 is 6.18 Å². The number of benzene rings is 1. The van der Waals surface area contributed by atoms with E-state index in [1.807, 2.05) is 13.1 Å². The number of anilines is 2. The number of β-amino-alcohol motifs (C(OH)–C–C–N with tert-alkyl or cyclic N) is 1. The van der Waals surface area contributed by atoms with Crippen molar-refractivity contribution in [1.29, 1.82) is 0 Å². The molecule has 4 aromatic rings. The van der Waals surface area contributed by atoms with E-state index in [0.29, 0.717) is 36.7 Å². The van der Waals surface area contributed by atoms with Crippen LogP contribution in [0.4, 0.5) is 24.8 Å². The van der Waals surface area contributed by atoms with Crippen molar-refractivity contribution in [2.24, 2.45) is 7.05 Å². The number of nitrogens with zero attached hydrogens (tertiary/aromatic N) is 6. The Balaban J connectivity index is 1.37. The van der Waals surface area contributed by atoms with E-state index in [-0.39, 0.29) is 17.4 Å². The molecule has 1 aliphatic heterocycles. The molecule has 0 aliphatic carbocycles. The third-order valence-electron chi connectivity index (χ3n) is 6.63. The van der Waals surface area contributed by atoms with Crippen molar-refractivity contribution in [3.05, 3.63) is 59.7 Å². The van der Waals surface area contributed by atoms with Gasteiger partial charge in [0.15, 0.2) is 5.82 Å². The second-order valence-electron chi connectivity index (χ2n) is 9.30. The lowest BCUT2D eigenvalue weighted by Crippen LogP contribution is -2.25. The number of ketones is 1. The van der Waals surface area contributed by atoms with Crippen LogP contribution in [0.15, 0.2) is 42.9 Å². The van der Waals surface area contributed by atoms with Gasteiger partial charge in [0.05, 0.1) is 23.5 Å². The van der Waals surface area contributed by atoms with Gasteiger partial charge in [0.1, 0.15) is 0 Å². The zero-order chi connectivity index (χ0) is 27.2. The summed E-state index contributed by atoms with van der Waals surface area (Å²) in [6.45, 7) is 3.61. The number of methoxy groups -OCH3 is 1. The van der Waals surface area contributed by atoms with E-state index in [9.17, 15) is 23.1 Å². The minimum atomic E-state index is -4.98. The molecule has 38 heavy (non-hydrogen) atoms. The number of Topliss-reactive ketones (excluding diaryl/α,β-unsaturated/α-hetero) is 1. The summed E-state index contributed by atoms with van der Waals surface area (Å²) in [5.41, 5.74) is 2.27. The number of ether oxygens (including phenoxy) is 1. The molecule has 0 spiro atoms. The van der Waals surface area contributed by atoms with Crippen LogP contribution in [0.25, 0.3) is 16.7 Å². The highest BCUT2D eigenvalue weighted by Gasteiger charge is 2.40. The molecule has 0 radical (unpaired) electrons. The number of aryl methyl sites for hydroxylation is 2. The lowest BCUT2D eigenvalue weighted by Gasteiger charge is -2.14. The maximum absolute atomic E-state index is 13.1. The maximum Gasteiger partial charge on any atom is 0.454 e. The van der Waals surface area contributed by atoms with Crippen LogP contribution < -0.4 is 5.32 Å². The first kappa shape index (κ1) is 25.8. The number of carbonyl (C=O) groups excluding carboxylic acids is 1. The number of carbonyl (C=O) groups is 1. The molecule has 1 fully saturated rings. The first-order valence-corrected chi connectivity index (χ1v) is 11.8. The van der Waals surface area contributed by atoms with Crippen LogP contribution in [0.1, 0.15) is 21.6 Å². The van der Waals surface area contributed by atoms with E-state index in [1.165, 1.54) is 16.8 Å². The Morgan fingerprint density at radius 1 is 1.24 bits per heavy atom. The molecule has 1 saturated heterocycles. The monoisotopic (exact) mass is 529 g/mol. The number of halogens is 3. The van der Waals surface area contributed by atoms with Crippen molar-refractivity contribution >= 4 is 28.3 Å². The van der Waals surface area contributed by atoms with Crippen molar-refractivity contribution < 1.29 is 27.8 Å².